The molecule has 4 nitrogen and oxygen atoms in total. The predicted octanol–water partition coefficient (Wildman–Crippen LogP) is 8.09. The third-order valence-corrected chi connectivity index (χ3v) is 17.2. The molecule has 0 aliphatic heterocycles. The molecule has 0 aliphatic rings. The molecule has 0 spiro atoms. The normalized spacial score (nSPS) is 14.2. The summed E-state index contributed by atoms with van der Waals surface area (Å²) in [6, 6.07) is 4.45. The Labute approximate surface area is 208 Å². The first-order valence-electron chi connectivity index (χ1n) is 11.2. The van der Waals surface area contributed by atoms with Gasteiger partial charge in [0.2, 0.25) is 0 Å². The molecule has 0 fully saturated rings. The standard InChI is InChI=1S/C24H44N2O2S2Si2/c1-23(2,3)31(7,8)27-19-21(29-17-11-15-25)13-14-22(30-18-12-16-26)20-28-32(9,10)24(4,5)6/h13-14H,11-12,17-20H2,1-10H3/b21-13-,22-14-. The molecule has 32 heavy (non-hydrogen) atoms. The molecule has 0 bridgehead atoms. The van der Waals surface area contributed by atoms with E-state index in [-0.39, 0.29) is 10.1 Å². The van der Waals surface area contributed by atoms with E-state index in [9.17, 15) is 0 Å². The maximum absolute atomic E-state index is 8.93. The van der Waals surface area contributed by atoms with Crippen molar-refractivity contribution in [2.45, 2.75) is 90.6 Å². The van der Waals surface area contributed by atoms with Crippen molar-refractivity contribution >= 4 is 40.2 Å². The van der Waals surface area contributed by atoms with Crippen molar-refractivity contribution in [3.05, 3.63) is 22.0 Å². The Morgan fingerprint density at radius 1 is 0.719 bits per heavy atom. The summed E-state index contributed by atoms with van der Waals surface area (Å²) in [5.41, 5.74) is 0. The van der Waals surface area contributed by atoms with Gasteiger partial charge in [0, 0.05) is 34.2 Å². The lowest BCUT2D eigenvalue weighted by molar-refractivity contribution is 0.324. The van der Waals surface area contributed by atoms with Gasteiger partial charge in [0.05, 0.1) is 25.4 Å². The van der Waals surface area contributed by atoms with Crippen LogP contribution < -0.4 is 0 Å². The van der Waals surface area contributed by atoms with Crippen LogP contribution in [0.3, 0.4) is 0 Å². The minimum absolute atomic E-state index is 0.153. The van der Waals surface area contributed by atoms with Crippen molar-refractivity contribution in [2.75, 3.05) is 24.7 Å². The Balaban J connectivity index is 5.59. The van der Waals surface area contributed by atoms with Crippen LogP contribution in [0.5, 0.6) is 0 Å². The highest BCUT2D eigenvalue weighted by Gasteiger charge is 2.38. The fraction of sp³-hybridized carbons (Fsp3) is 0.750. The Morgan fingerprint density at radius 3 is 1.28 bits per heavy atom. The second-order valence-electron chi connectivity index (χ2n) is 10.9. The number of hydrogen-bond acceptors (Lipinski definition) is 6. The lowest BCUT2D eigenvalue weighted by Gasteiger charge is -2.36. The summed E-state index contributed by atoms with van der Waals surface area (Å²) in [6.45, 7) is 23.6. The molecule has 0 atom stereocenters. The van der Waals surface area contributed by atoms with Crippen molar-refractivity contribution in [3.63, 3.8) is 0 Å². The summed E-state index contributed by atoms with van der Waals surface area (Å²) in [5.74, 6) is 1.52. The summed E-state index contributed by atoms with van der Waals surface area (Å²) < 4.78 is 12.9. The molecular formula is C24H44N2O2S2Si2. The quantitative estimate of drug-likeness (QED) is 0.141. The third-order valence-electron chi connectivity index (χ3n) is 6.22. The van der Waals surface area contributed by atoms with Crippen LogP contribution in [0.4, 0.5) is 0 Å². The van der Waals surface area contributed by atoms with Crippen molar-refractivity contribution in [2.24, 2.45) is 0 Å². The van der Waals surface area contributed by atoms with Crippen LogP contribution >= 0.6 is 23.5 Å². The second-order valence-corrected chi connectivity index (χ2v) is 22.9. The summed E-state index contributed by atoms with van der Waals surface area (Å²) in [4.78, 5) is 2.27. The molecule has 0 heterocycles. The van der Waals surface area contributed by atoms with E-state index in [0.717, 1.165) is 21.3 Å². The van der Waals surface area contributed by atoms with Crippen molar-refractivity contribution in [3.8, 4) is 12.1 Å². The SMILES string of the molecule is CC(C)(C)[Si](C)(C)OC/C(=C/C=C(/CO[Si](C)(C)C(C)(C)C)SCCC#N)SCCC#N. The first-order valence-corrected chi connectivity index (χ1v) is 19.0. The predicted molar refractivity (Wildman–Crippen MR) is 148 cm³/mol. The van der Waals surface area contributed by atoms with Crippen LogP contribution in [-0.4, -0.2) is 41.4 Å². The molecule has 0 aliphatic carbocycles. The highest BCUT2D eigenvalue weighted by Crippen LogP contribution is 2.38. The highest BCUT2D eigenvalue weighted by molar-refractivity contribution is 8.03. The summed E-state index contributed by atoms with van der Waals surface area (Å²) in [5, 5.41) is 18.2. The van der Waals surface area contributed by atoms with Gasteiger partial charge < -0.3 is 8.85 Å². The third kappa shape index (κ3) is 12.1. The Hall–Kier alpha value is -0.486. The van der Waals surface area contributed by atoms with Gasteiger partial charge in [-0.05, 0) is 48.4 Å². The Morgan fingerprint density at radius 2 is 1.03 bits per heavy atom. The van der Waals surface area contributed by atoms with E-state index < -0.39 is 16.6 Å². The van der Waals surface area contributed by atoms with Crippen LogP contribution in [0.15, 0.2) is 22.0 Å². The van der Waals surface area contributed by atoms with Crippen LogP contribution in [0.2, 0.25) is 36.3 Å². The van der Waals surface area contributed by atoms with Gasteiger partial charge in [-0.15, -0.1) is 23.5 Å². The first kappa shape index (κ1) is 31.5. The molecule has 0 amide bonds. The van der Waals surface area contributed by atoms with Crippen molar-refractivity contribution in [1.82, 2.24) is 0 Å². The highest BCUT2D eigenvalue weighted by atomic mass is 32.2. The number of rotatable bonds is 13. The zero-order chi connectivity index (χ0) is 25.1. The summed E-state index contributed by atoms with van der Waals surface area (Å²) in [7, 11) is -3.72. The molecule has 0 saturated heterocycles. The number of allylic oxidation sites excluding steroid dienone is 2. The molecule has 0 radical (unpaired) electrons. The first-order chi connectivity index (χ1) is 14.6. The molecule has 8 heteroatoms. The van der Waals surface area contributed by atoms with E-state index in [0.29, 0.717) is 26.1 Å². The molecule has 0 rings (SSSR count). The van der Waals surface area contributed by atoms with Crippen molar-refractivity contribution < 1.29 is 8.85 Å². The maximum atomic E-state index is 8.93. The average molecular weight is 513 g/mol. The molecule has 0 aromatic carbocycles. The number of nitriles is 2. The Bertz CT molecular complexity index is 660. The fourth-order valence-electron chi connectivity index (χ4n) is 1.85. The van der Waals surface area contributed by atoms with Gasteiger partial charge in [0.15, 0.2) is 16.6 Å². The molecule has 0 unspecified atom stereocenters. The van der Waals surface area contributed by atoms with E-state index in [4.69, 9.17) is 19.4 Å². The monoisotopic (exact) mass is 512 g/mol. The molecular weight excluding hydrogens is 469 g/mol. The fourth-order valence-corrected chi connectivity index (χ4v) is 5.49. The zero-order valence-electron chi connectivity index (χ0n) is 21.9. The van der Waals surface area contributed by atoms with Gasteiger partial charge in [-0.2, -0.15) is 10.5 Å². The second kappa shape index (κ2) is 14.0. The zero-order valence-corrected chi connectivity index (χ0v) is 25.6. The summed E-state index contributed by atoms with van der Waals surface area (Å²) >= 11 is 3.39. The van der Waals surface area contributed by atoms with E-state index in [1.165, 1.54) is 0 Å². The minimum Gasteiger partial charge on any atom is -0.412 e. The Kier molecular flexibility index (Phi) is 13.8. The van der Waals surface area contributed by atoms with Crippen molar-refractivity contribution in [1.29, 1.82) is 10.5 Å². The number of thioether (sulfide) groups is 2. The molecule has 182 valence electrons. The van der Waals surface area contributed by atoms with Gasteiger partial charge in [0.25, 0.3) is 0 Å². The van der Waals surface area contributed by atoms with E-state index in [2.05, 4.69) is 92.0 Å². The van der Waals surface area contributed by atoms with E-state index >= 15 is 0 Å². The molecule has 0 aromatic rings. The molecule has 0 N–H and O–H groups in total. The topological polar surface area (TPSA) is 66.0 Å². The van der Waals surface area contributed by atoms with Crippen LogP contribution in [-0.2, 0) is 8.85 Å². The largest absolute Gasteiger partial charge is 0.412 e. The van der Waals surface area contributed by atoms with Crippen LogP contribution in [0.25, 0.3) is 0 Å². The van der Waals surface area contributed by atoms with Gasteiger partial charge in [-0.25, -0.2) is 0 Å². The van der Waals surface area contributed by atoms with E-state index in [1.54, 1.807) is 23.5 Å². The van der Waals surface area contributed by atoms with Gasteiger partial charge in [0.1, 0.15) is 0 Å². The van der Waals surface area contributed by atoms with Gasteiger partial charge in [-0.1, -0.05) is 41.5 Å². The lowest BCUT2D eigenvalue weighted by atomic mass is 10.2. The molecule has 0 saturated carbocycles. The summed E-state index contributed by atoms with van der Waals surface area (Å²) in [6.07, 6.45) is 5.28. The lowest BCUT2D eigenvalue weighted by Crippen LogP contribution is -2.41. The smallest absolute Gasteiger partial charge is 0.192 e. The van der Waals surface area contributed by atoms with Crippen LogP contribution in [0, 0.1) is 22.7 Å². The average Bonchev–Trinajstić information content (AvgIpc) is 2.65. The van der Waals surface area contributed by atoms with Gasteiger partial charge >= 0.3 is 0 Å². The maximum Gasteiger partial charge on any atom is 0.192 e. The van der Waals surface area contributed by atoms with E-state index in [1.807, 2.05) is 0 Å². The molecule has 0 aromatic heterocycles. The number of hydrogen-bond donors (Lipinski definition) is 0. The van der Waals surface area contributed by atoms with Gasteiger partial charge in [-0.3, -0.25) is 0 Å². The minimum atomic E-state index is -1.86. The van der Waals surface area contributed by atoms with Crippen LogP contribution in [0.1, 0.15) is 54.4 Å². The number of nitrogens with zero attached hydrogens (tertiary/aromatic N) is 2.